The molecule has 1 aromatic heterocycles. The third-order valence-electron chi connectivity index (χ3n) is 2.76. The SMILES string of the molecule is Cc1nn(C)c(CS(=O)(=O)c2ccc(F)cc2)c1Cl. The van der Waals surface area contributed by atoms with Crippen molar-refractivity contribution in [2.75, 3.05) is 0 Å². The molecule has 1 aromatic carbocycles. The fourth-order valence-electron chi connectivity index (χ4n) is 1.74. The Hall–Kier alpha value is -1.40. The number of hydrogen-bond acceptors (Lipinski definition) is 3. The summed E-state index contributed by atoms with van der Waals surface area (Å²) in [5.74, 6) is -0.747. The van der Waals surface area contributed by atoms with Gasteiger partial charge in [0, 0.05) is 7.05 Å². The first-order chi connectivity index (χ1) is 8.81. The van der Waals surface area contributed by atoms with E-state index in [-0.39, 0.29) is 10.6 Å². The summed E-state index contributed by atoms with van der Waals surface area (Å²) in [4.78, 5) is 0.0591. The molecular formula is C12H12ClFN2O2S. The van der Waals surface area contributed by atoms with E-state index in [4.69, 9.17) is 11.6 Å². The van der Waals surface area contributed by atoms with Crippen molar-refractivity contribution < 1.29 is 12.8 Å². The molecule has 0 spiro atoms. The van der Waals surface area contributed by atoms with Crippen LogP contribution in [0.2, 0.25) is 5.02 Å². The van der Waals surface area contributed by atoms with Crippen LogP contribution >= 0.6 is 11.6 Å². The number of hydrogen-bond donors (Lipinski definition) is 0. The van der Waals surface area contributed by atoms with Crippen molar-refractivity contribution in [2.45, 2.75) is 17.6 Å². The Kier molecular flexibility index (Phi) is 3.64. The summed E-state index contributed by atoms with van der Waals surface area (Å²) in [6.45, 7) is 1.70. The molecule has 2 rings (SSSR count). The second-order valence-corrected chi connectivity index (χ2v) is 6.55. The Labute approximate surface area is 115 Å². The zero-order chi connectivity index (χ0) is 14.2. The minimum absolute atomic E-state index is 0.0591. The molecule has 0 bridgehead atoms. The second-order valence-electron chi connectivity index (χ2n) is 4.18. The molecule has 2 aromatic rings. The monoisotopic (exact) mass is 302 g/mol. The lowest BCUT2D eigenvalue weighted by Crippen LogP contribution is -2.09. The van der Waals surface area contributed by atoms with E-state index < -0.39 is 15.7 Å². The van der Waals surface area contributed by atoms with Gasteiger partial charge in [-0.2, -0.15) is 5.10 Å². The van der Waals surface area contributed by atoms with Crippen LogP contribution in [0.3, 0.4) is 0 Å². The van der Waals surface area contributed by atoms with Gasteiger partial charge in [0.15, 0.2) is 9.84 Å². The molecule has 0 saturated carbocycles. The molecule has 0 radical (unpaired) electrons. The smallest absolute Gasteiger partial charge is 0.184 e. The van der Waals surface area contributed by atoms with E-state index >= 15 is 0 Å². The van der Waals surface area contributed by atoms with E-state index in [1.165, 1.54) is 16.8 Å². The molecule has 0 aliphatic carbocycles. The van der Waals surface area contributed by atoms with Gasteiger partial charge in [-0.25, -0.2) is 12.8 Å². The molecule has 1 heterocycles. The molecule has 19 heavy (non-hydrogen) atoms. The second kappa shape index (κ2) is 4.94. The lowest BCUT2D eigenvalue weighted by atomic mass is 10.3. The van der Waals surface area contributed by atoms with Gasteiger partial charge in [-0.3, -0.25) is 4.68 Å². The molecular weight excluding hydrogens is 291 g/mol. The average Bonchev–Trinajstić information content (AvgIpc) is 2.56. The number of sulfone groups is 1. The van der Waals surface area contributed by atoms with Gasteiger partial charge in [-0.1, -0.05) is 11.6 Å². The molecule has 0 unspecified atom stereocenters. The summed E-state index contributed by atoms with van der Waals surface area (Å²) in [5.41, 5.74) is 0.997. The highest BCUT2D eigenvalue weighted by Gasteiger charge is 2.21. The molecule has 0 aliphatic heterocycles. The molecule has 7 heteroatoms. The third kappa shape index (κ3) is 2.79. The summed E-state index contributed by atoms with van der Waals surface area (Å²) in [5, 5.41) is 4.40. The fraction of sp³-hybridized carbons (Fsp3) is 0.250. The average molecular weight is 303 g/mol. The molecule has 0 saturated heterocycles. The van der Waals surface area contributed by atoms with Crippen LogP contribution in [0.15, 0.2) is 29.2 Å². The van der Waals surface area contributed by atoms with Crippen LogP contribution in [0.25, 0.3) is 0 Å². The van der Waals surface area contributed by atoms with Gasteiger partial charge in [-0.15, -0.1) is 0 Å². The van der Waals surface area contributed by atoms with Crippen molar-refractivity contribution in [3.8, 4) is 0 Å². The lowest BCUT2D eigenvalue weighted by Gasteiger charge is -2.05. The number of benzene rings is 1. The Bertz CT molecular complexity index is 708. The van der Waals surface area contributed by atoms with E-state index in [9.17, 15) is 12.8 Å². The first-order valence-electron chi connectivity index (χ1n) is 5.47. The van der Waals surface area contributed by atoms with Crippen molar-refractivity contribution in [3.63, 3.8) is 0 Å². The quantitative estimate of drug-likeness (QED) is 0.819. The fourth-order valence-corrected chi connectivity index (χ4v) is 3.46. The van der Waals surface area contributed by atoms with Gasteiger partial charge in [0.25, 0.3) is 0 Å². The normalized spacial score (nSPS) is 11.8. The van der Waals surface area contributed by atoms with Crippen LogP contribution in [-0.4, -0.2) is 18.2 Å². The number of halogens is 2. The van der Waals surface area contributed by atoms with Crippen molar-refractivity contribution in [2.24, 2.45) is 7.05 Å². The van der Waals surface area contributed by atoms with Crippen LogP contribution in [-0.2, 0) is 22.6 Å². The topological polar surface area (TPSA) is 52.0 Å². The Morgan fingerprint density at radius 2 is 1.89 bits per heavy atom. The van der Waals surface area contributed by atoms with Crippen LogP contribution < -0.4 is 0 Å². The molecule has 0 aliphatic rings. The van der Waals surface area contributed by atoms with Crippen molar-refractivity contribution in [1.82, 2.24) is 9.78 Å². The first-order valence-corrected chi connectivity index (χ1v) is 7.50. The maximum atomic E-state index is 12.8. The highest BCUT2D eigenvalue weighted by molar-refractivity contribution is 7.90. The molecule has 0 atom stereocenters. The standard InChI is InChI=1S/C12H12ClFN2O2S/c1-8-12(13)11(16(2)15-8)7-19(17,18)10-5-3-9(14)4-6-10/h3-6H,7H2,1-2H3. The van der Waals surface area contributed by atoms with Crippen molar-refractivity contribution >= 4 is 21.4 Å². The Morgan fingerprint density at radius 3 is 2.37 bits per heavy atom. The van der Waals surface area contributed by atoms with Crippen LogP contribution in [0.4, 0.5) is 4.39 Å². The summed E-state index contributed by atoms with van der Waals surface area (Å²) in [6.07, 6.45) is 0. The van der Waals surface area contributed by atoms with Crippen LogP contribution in [0.1, 0.15) is 11.4 Å². The highest BCUT2D eigenvalue weighted by Crippen LogP contribution is 2.24. The minimum atomic E-state index is -3.57. The number of aromatic nitrogens is 2. The van der Waals surface area contributed by atoms with Gasteiger partial charge in [0.2, 0.25) is 0 Å². The van der Waals surface area contributed by atoms with Crippen LogP contribution in [0, 0.1) is 12.7 Å². The van der Waals surface area contributed by atoms with Gasteiger partial charge in [-0.05, 0) is 31.2 Å². The number of rotatable bonds is 3. The molecule has 0 amide bonds. The maximum absolute atomic E-state index is 12.8. The highest BCUT2D eigenvalue weighted by atomic mass is 35.5. The van der Waals surface area contributed by atoms with E-state index in [1.54, 1.807) is 14.0 Å². The van der Waals surface area contributed by atoms with E-state index in [0.29, 0.717) is 16.4 Å². The van der Waals surface area contributed by atoms with Gasteiger partial charge in [0.05, 0.1) is 27.1 Å². The predicted octanol–water partition coefficient (Wildman–Crippen LogP) is 2.49. The Balaban J connectivity index is 2.39. The van der Waals surface area contributed by atoms with Crippen molar-refractivity contribution in [1.29, 1.82) is 0 Å². The minimum Gasteiger partial charge on any atom is -0.270 e. The zero-order valence-electron chi connectivity index (χ0n) is 10.4. The van der Waals surface area contributed by atoms with Crippen LogP contribution in [0.5, 0.6) is 0 Å². The number of aryl methyl sites for hydroxylation is 2. The zero-order valence-corrected chi connectivity index (χ0v) is 12.0. The molecule has 0 N–H and O–H groups in total. The van der Waals surface area contributed by atoms with Crippen molar-refractivity contribution in [3.05, 3.63) is 46.5 Å². The summed E-state index contributed by atoms with van der Waals surface area (Å²) >= 11 is 6.03. The van der Waals surface area contributed by atoms with E-state index in [0.717, 1.165) is 12.1 Å². The lowest BCUT2D eigenvalue weighted by molar-refractivity contribution is 0.590. The number of nitrogens with zero attached hydrogens (tertiary/aromatic N) is 2. The maximum Gasteiger partial charge on any atom is 0.184 e. The molecule has 102 valence electrons. The Morgan fingerprint density at radius 1 is 1.32 bits per heavy atom. The van der Waals surface area contributed by atoms with Gasteiger partial charge < -0.3 is 0 Å². The summed E-state index contributed by atoms with van der Waals surface area (Å²) in [6, 6.07) is 4.70. The first kappa shape index (κ1) is 14.0. The predicted molar refractivity (Wildman–Crippen MR) is 70.2 cm³/mol. The third-order valence-corrected chi connectivity index (χ3v) is 4.90. The largest absolute Gasteiger partial charge is 0.270 e. The summed E-state index contributed by atoms with van der Waals surface area (Å²) < 4.78 is 38.7. The van der Waals surface area contributed by atoms with E-state index in [1.807, 2.05) is 0 Å². The van der Waals surface area contributed by atoms with Gasteiger partial charge >= 0.3 is 0 Å². The molecule has 0 fully saturated rings. The molecule has 4 nitrogen and oxygen atoms in total. The van der Waals surface area contributed by atoms with E-state index in [2.05, 4.69) is 5.10 Å². The van der Waals surface area contributed by atoms with Gasteiger partial charge in [0.1, 0.15) is 5.82 Å². The summed E-state index contributed by atoms with van der Waals surface area (Å²) in [7, 11) is -1.94.